The summed E-state index contributed by atoms with van der Waals surface area (Å²) in [6.45, 7) is 0. The Morgan fingerprint density at radius 1 is 0.700 bits per heavy atom. The van der Waals surface area contributed by atoms with Crippen molar-refractivity contribution in [2.24, 2.45) is 0 Å². The Morgan fingerprint density at radius 2 is 1.40 bits per heavy atom. The molecule has 4 N–H and O–H groups in total. The van der Waals surface area contributed by atoms with Gasteiger partial charge in [-0.25, -0.2) is 4.79 Å². The molecule has 0 aliphatic carbocycles. The number of nitrogens with one attached hydrogen (secondary N) is 3. The SMILES string of the molecule is COc1ccc(/C=C(/NC(=O)c2ccccc2)C(=O)Nc2cccc(SC(C(=O)Nc3ccc(C(=O)O)cc3)c3ccccc3)c2)c(OC)c1. The fourth-order valence-corrected chi connectivity index (χ4v) is 5.91. The van der Waals surface area contributed by atoms with Crippen LogP contribution in [0.4, 0.5) is 11.4 Å². The average molecular weight is 688 g/mol. The van der Waals surface area contributed by atoms with Crippen molar-refractivity contribution in [2.45, 2.75) is 10.1 Å². The first kappa shape index (κ1) is 35.0. The van der Waals surface area contributed by atoms with Crippen molar-refractivity contribution >= 4 is 52.9 Å². The second-order valence-corrected chi connectivity index (χ2v) is 11.9. The molecule has 0 radical (unpaired) electrons. The largest absolute Gasteiger partial charge is 0.497 e. The molecule has 0 heterocycles. The van der Waals surface area contributed by atoms with Crippen LogP contribution >= 0.6 is 11.8 Å². The van der Waals surface area contributed by atoms with Crippen LogP contribution in [0.5, 0.6) is 11.5 Å². The number of amides is 3. The number of ether oxygens (including phenoxy) is 2. The van der Waals surface area contributed by atoms with Gasteiger partial charge >= 0.3 is 5.97 Å². The Kier molecular flexibility index (Phi) is 11.7. The Morgan fingerprint density at radius 3 is 2.06 bits per heavy atom. The van der Waals surface area contributed by atoms with Crippen LogP contribution in [0, 0.1) is 0 Å². The average Bonchev–Trinajstić information content (AvgIpc) is 3.14. The first-order chi connectivity index (χ1) is 24.2. The molecular formula is C39H33N3O7S. The molecular weight excluding hydrogens is 655 g/mol. The summed E-state index contributed by atoms with van der Waals surface area (Å²) in [5, 5.41) is 17.0. The lowest BCUT2D eigenvalue weighted by Crippen LogP contribution is -2.30. The van der Waals surface area contributed by atoms with Crippen molar-refractivity contribution in [3.05, 3.63) is 155 Å². The number of hydrogen-bond acceptors (Lipinski definition) is 7. The molecule has 0 saturated heterocycles. The monoisotopic (exact) mass is 687 g/mol. The molecule has 0 aliphatic rings. The predicted molar refractivity (Wildman–Crippen MR) is 194 cm³/mol. The quantitative estimate of drug-likeness (QED) is 0.0747. The fourth-order valence-electron chi connectivity index (χ4n) is 4.82. The molecule has 11 heteroatoms. The molecule has 5 rings (SSSR count). The molecule has 50 heavy (non-hydrogen) atoms. The van der Waals surface area contributed by atoms with E-state index in [2.05, 4.69) is 16.0 Å². The molecule has 0 aliphatic heterocycles. The number of aromatic carboxylic acids is 1. The van der Waals surface area contributed by atoms with Crippen LogP contribution in [0.2, 0.25) is 0 Å². The standard InChI is InChI=1S/C39H33N3O7S/c1-48-31-21-18-28(34(24-31)49-2)22-33(42-36(43)26-12-7-4-8-13-26)37(44)41-30-14-9-15-32(23-30)50-35(25-10-5-3-6-11-25)38(45)40-29-19-16-27(17-20-29)39(46)47/h3-24,35H,1-2H3,(H,40,45)(H,41,44)(H,42,43)(H,46,47)/b33-22+. The molecule has 0 bridgehead atoms. The summed E-state index contributed by atoms with van der Waals surface area (Å²) < 4.78 is 10.8. The Balaban J connectivity index is 1.40. The van der Waals surface area contributed by atoms with E-state index in [1.165, 1.54) is 56.3 Å². The Bertz CT molecular complexity index is 2020. The zero-order valence-corrected chi connectivity index (χ0v) is 27.9. The second-order valence-electron chi connectivity index (χ2n) is 10.7. The maximum Gasteiger partial charge on any atom is 0.335 e. The normalized spacial score (nSPS) is 11.5. The van der Waals surface area contributed by atoms with Gasteiger partial charge in [0.15, 0.2) is 0 Å². The first-order valence-electron chi connectivity index (χ1n) is 15.3. The fraction of sp³-hybridized carbons (Fsp3) is 0.0769. The van der Waals surface area contributed by atoms with E-state index in [0.717, 1.165) is 5.56 Å². The number of benzene rings is 5. The third kappa shape index (κ3) is 9.18. The highest BCUT2D eigenvalue weighted by Crippen LogP contribution is 2.37. The molecule has 1 atom stereocenters. The van der Waals surface area contributed by atoms with E-state index < -0.39 is 23.0 Å². The molecule has 1 unspecified atom stereocenters. The number of rotatable bonds is 13. The minimum atomic E-state index is -1.06. The molecule has 0 saturated carbocycles. The van der Waals surface area contributed by atoms with Gasteiger partial charge in [0.1, 0.15) is 22.4 Å². The first-order valence-corrected chi connectivity index (χ1v) is 16.2. The molecule has 10 nitrogen and oxygen atoms in total. The van der Waals surface area contributed by atoms with E-state index in [-0.39, 0.29) is 17.2 Å². The number of carboxylic acid groups (broad SMARTS) is 1. The summed E-state index contributed by atoms with van der Waals surface area (Å²) in [4.78, 5) is 52.5. The lowest BCUT2D eigenvalue weighted by Gasteiger charge is -2.18. The number of methoxy groups -OCH3 is 2. The Labute approximate surface area is 293 Å². The van der Waals surface area contributed by atoms with Gasteiger partial charge in [-0.2, -0.15) is 0 Å². The van der Waals surface area contributed by atoms with Gasteiger partial charge in [0.25, 0.3) is 11.8 Å². The molecule has 3 amide bonds. The zero-order valence-electron chi connectivity index (χ0n) is 27.1. The number of thioether (sulfide) groups is 1. The minimum Gasteiger partial charge on any atom is -0.497 e. The molecule has 5 aromatic rings. The van der Waals surface area contributed by atoms with Gasteiger partial charge in [0, 0.05) is 33.5 Å². The van der Waals surface area contributed by atoms with Gasteiger partial charge in [0.05, 0.1) is 19.8 Å². The topological polar surface area (TPSA) is 143 Å². The smallest absolute Gasteiger partial charge is 0.335 e. The van der Waals surface area contributed by atoms with E-state index in [9.17, 15) is 24.3 Å². The zero-order chi connectivity index (χ0) is 35.5. The van der Waals surface area contributed by atoms with Crippen LogP contribution < -0.4 is 25.4 Å². The van der Waals surface area contributed by atoms with Crippen molar-refractivity contribution < 1.29 is 33.8 Å². The predicted octanol–water partition coefficient (Wildman–Crippen LogP) is 7.28. The van der Waals surface area contributed by atoms with Crippen LogP contribution in [-0.4, -0.2) is 43.0 Å². The van der Waals surface area contributed by atoms with Crippen LogP contribution in [0.3, 0.4) is 0 Å². The summed E-state index contributed by atoms with van der Waals surface area (Å²) in [6, 6.07) is 35.8. The highest BCUT2D eigenvalue weighted by molar-refractivity contribution is 8.00. The van der Waals surface area contributed by atoms with Gasteiger partial charge in [-0.05, 0) is 78.4 Å². The number of carbonyl (C=O) groups is 4. The lowest BCUT2D eigenvalue weighted by atomic mass is 10.1. The van der Waals surface area contributed by atoms with Crippen LogP contribution in [0.25, 0.3) is 6.08 Å². The summed E-state index contributed by atoms with van der Waals surface area (Å²) in [5.74, 6) is -1.44. The van der Waals surface area contributed by atoms with E-state index in [0.29, 0.717) is 38.9 Å². The third-order valence-electron chi connectivity index (χ3n) is 7.35. The number of anilines is 2. The summed E-state index contributed by atoms with van der Waals surface area (Å²) in [5.41, 5.74) is 2.60. The highest BCUT2D eigenvalue weighted by Gasteiger charge is 2.23. The number of carbonyl (C=O) groups excluding carboxylic acids is 3. The van der Waals surface area contributed by atoms with E-state index >= 15 is 0 Å². The lowest BCUT2D eigenvalue weighted by molar-refractivity contribution is -0.116. The van der Waals surface area contributed by atoms with Crippen molar-refractivity contribution in [1.82, 2.24) is 5.32 Å². The number of hydrogen-bond donors (Lipinski definition) is 4. The van der Waals surface area contributed by atoms with E-state index in [4.69, 9.17) is 9.47 Å². The van der Waals surface area contributed by atoms with Gasteiger partial charge in [-0.3, -0.25) is 14.4 Å². The van der Waals surface area contributed by atoms with Crippen molar-refractivity contribution in [3.63, 3.8) is 0 Å². The van der Waals surface area contributed by atoms with Gasteiger partial charge in [-0.15, -0.1) is 11.8 Å². The maximum atomic E-state index is 13.8. The van der Waals surface area contributed by atoms with Crippen LogP contribution in [-0.2, 0) is 9.59 Å². The maximum absolute atomic E-state index is 13.8. The van der Waals surface area contributed by atoms with E-state index in [1.807, 2.05) is 36.4 Å². The highest BCUT2D eigenvalue weighted by atomic mass is 32.2. The van der Waals surface area contributed by atoms with Gasteiger partial charge < -0.3 is 30.5 Å². The molecule has 5 aromatic carbocycles. The van der Waals surface area contributed by atoms with Crippen LogP contribution in [0.15, 0.2) is 138 Å². The molecule has 0 fully saturated rings. The summed E-state index contributed by atoms with van der Waals surface area (Å²) >= 11 is 1.28. The van der Waals surface area contributed by atoms with Crippen molar-refractivity contribution in [3.8, 4) is 11.5 Å². The van der Waals surface area contributed by atoms with Gasteiger partial charge in [-0.1, -0.05) is 54.6 Å². The molecule has 0 spiro atoms. The summed E-state index contributed by atoms with van der Waals surface area (Å²) in [6.07, 6.45) is 1.52. The van der Waals surface area contributed by atoms with Crippen LogP contribution in [0.1, 0.15) is 37.1 Å². The minimum absolute atomic E-state index is 0.0316. The molecule has 252 valence electrons. The Hall–Kier alpha value is -6.33. The number of carboxylic acids is 1. The summed E-state index contributed by atoms with van der Waals surface area (Å²) in [7, 11) is 3.03. The van der Waals surface area contributed by atoms with E-state index in [1.54, 1.807) is 66.7 Å². The van der Waals surface area contributed by atoms with Gasteiger partial charge in [0.2, 0.25) is 5.91 Å². The van der Waals surface area contributed by atoms with Crippen molar-refractivity contribution in [1.29, 1.82) is 0 Å². The third-order valence-corrected chi connectivity index (χ3v) is 8.60. The second kappa shape index (κ2) is 16.7. The van der Waals surface area contributed by atoms with Crippen molar-refractivity contribution in [2.75, 3.05) is 24.9 Å². The molecule has 0 aromatic heterocycles.